The van der Waals surface area contributed by atoms with Crippen LogP contribution >= 0.6 is 0 Å². The molecule has 1 saturated heterocycles. The maximum atomic E-state index is 13.0. The van der Waals surface area contributed by atoms with Gasteiger partial charge >= 0.3 is 0 Å². The molecule has 33 heavy (non-hydrogen) atoms. The van der Waals surface area contributed by atoms with Crippen LogP contribution in [0, 0.1) is 0 Å². The normalized spacial score (nSPS) is 17.3. The van der Waals surface area contributed by atoms with Crippen LogP contribution in [-0.2, 0) is 16.1 Å². The van der Waals surface area contributed by atoms with Gasteiger partial charge in [-0.3, -0.25) is 14.6 Å². The second-order valence-corrected chi connectivity index (χ2v) is 7.56. The van der Waals surface area contributed by atoms with Crippen molar-refractivity contribution in [2.24, 2.45) is 0 Å². The minimum atomic E-state index is -0.724. The number of pyridine rings is 1. The Balaban J connectivity index is 1.66. The average molecular weight is 444 g/mol. The first-order valence-electron chi connectivity index (χ1n) is 10.6. The molecule has 1 amide bonds. The molecule has 2 aromatic heterocycles. The predicted octanol–water partition coefficient (Wildman–Crippen LogP) is 3.35. The highest BCUT2D eigenvalue weighted by molar-refractivity contribution is 6.46. The molecule has 0 aliphatic carbocycles. The highest BCUT2D eigenvalue weighted by Gasteiger charge is 2.45. The summed E-state index contributed by atoms with van der Waals surface area (Å²) in [5, 5.41) is 11.1. The van der Waals surface area contributed by atoms with E-state index in [0.29, 0.717) is 43.0 Å². The van der Waals surface area contributed by atoms with Gasteiger partial charge in [0.2, 0.25) is 0 Å². The van der Waals surface area contributed by atoms with Crippen LogP contribution in [-0.4, -0.2) is 49.4 Å². The SMILES string of the molecule is C=CCOc1ccc(C(O)=C2C(=O)C(=O)N(CCCn3ccnc3)C2c2cccnc2)cc1. The minimum Gasteiger partial charge on any atom is -0.507 e. The summed E-state index contributed by atoms with van der Waals surface area (Å²) in [6.07, 6.45) is 10.7. The van der Waals surface area contributed by atoms with Crippen LogP contribution < -0.4 is 4.74 Å². The summed E-state index contributed by atoms with van der Waals surface area (Å²) in [7, 11) is 0. The number of likely N-dealkylation sites (tertiary alicyclic amines) is 1. The van der Waals surface area contributed by atoms with Crippen LogP contribution in [0.25, 0.3) is 5.76 Å². The molecule has 1 aliphatic rings. The second kappa shape index (κ2) is 9.95. The number of hydrogen-bond donors (Lipinski definition) is 1. The van der Waals surface area contributed by atoms with E-state index in [1.165, 1.54) is 4.90 Å². The number of ketones is 1. The van der Waals surface area contributed by atoms with Gasteiger partial charge in [0.25, 0.3) is 11.7 Å². The topological polar surface area (TPSA) is 97.6 Å². The third kappa shape index (κ3) is 4.69. The number of aryl methyl sites for hydroxylation is 1. The van der Waals surface area contributed by atoms with E-state index in [9.17, 15) is 14.7 Å². The van der Waals surface area contributed by atoms with E-state index < -0.39 is 17.7 Å². The quantitative estimate of drug-likeness (QED) is 0.235. The number of amides is 1. The molecule has 8 nitrogen and oxygen atoms in total. The maximum Gasteiger partial charge on any atom is 0.295 e. The number of carbonyl (C=O) groups excluding carboxylic acids is 2. The molecular formula is C25H24N4O4. The van der Waals surface area contributed by atoms with Crippen LogP contribution in [0.3, 0.4) is 0 Å². The number of hydrogen-bond acceptors (Lipinski definition) is 6. The number of aromatic nitrogens is 3. The molecule has 1 unspecified atom stereocenters. The minimum absolute atomic E-state index is 0.0513. The number of rotatable bonds is 9. The molecule has 0 radical (unpaired) electrons. The van der Waals surface area contributed by atoms with E-state index in [2.05, 4.69) is 16.5 Å². The molecule has 168 valence electrons. The van der Waals surface area contributed by atoms with E-state index in [0.717, 1.165) is 0 Å². The molecule has 3 heterocycles. The molecule has 1 fully saturated rings. The summed E-state index contributed by atoms with van der Waals surface area (Å²) in [4.78, 5) is 35.7. The van der Waals surface area contributed by atoms with Gasteiger partial charge in [0.15, 0.2) is 0 Å². The number of aliphatic hydroxyl groups excluding tert-OH is 1. The summed E-state index contributed by atoms with van der Waals surface area (Å²) in [5.41, 5.74) is 1.13. The lowest BCUT2D eigenvalue weighted by molar-refractivity contribution is -0.139. The number of Topliss-reactive ketones (excluding diaryl/α,β-unsaturated/α-hetero) is 1. The summed E-state index contributed by atoms with van der Waals surface area (Å²) in [6, 6.07) is 9.51. The fourth-order valence-corrected chi connectivity index (χ4v) is 3.86. The smallest absolute Gasteiger partial charge is 0.295 e. The summed E-state index contributed by atoms with van der Waals surface area (Å²) in [5.74, 6) is -0.970. The standard InChI is InChI=1S/C25H24N4O4/c1-2-15-33-20-8-6-18(7-9-20)23(30)21-22(19-5-3-10-26-16-19)29(25(32)24(21)31)13-4-12-28-14-11-27-17-28/h2-3,5-11,14,16-17,22,30H,1,4,12-13,15H2. The zero-order valence-corrected chi connectivity index (χ0v) is 18.0. The molecule has 1 N–H and O–H groups in total. The Morgan fingerprint density at radius 2 is 1.94 bits per heavy atom. The van der Waals surface area contributed by atoms with Crippen molar-refractivity contribution in [1.82, 2.24) is 19.4 Å². The van der Waals surface area contributed by atoms with Crippen molar-refractivity contribution >= 4 is 17.4 Å². The molecule has 4 rings (SSSR count). The highest BCUT2D eigenvalue weighted by Crippen LogP contribution is 2.39. The van der Waals surface area contributed by atoms with Crippen molar-refractivity contribution < 1.29 is 19.4 Å². The molecule has 3 aromatic rings. The molecule has 0 saturated carbocycles. The van der Waals surface area contributed by atoms with Gasteiger partial charge in [0.05, 0.1) is 17.9 Å². The van der Waals surface area contributed by atoms with E-state index >= 15 is 0 Å². The van der Waals surface area contributed by atoms with Gasteiger partial charge in [-0.05, 0) is 42.3 Å². The molecule has 8 heteroatoms. The number of imidazole rings is 1. The number of benzene rings is 1. The fourth-order valence-electron chi connectivity index (χ4n) is 3.86. The molecule has 0 bridgehead atoms. The van der Waals surface area contributed by atoms with Crippen molar-refractivity contribution in [2.45, 2.75) is 19.0 Å². The lowest BCUT2D eigenvalue weighted by Crippen LogP contribution is -2.31. The maximum absolute atomic E-state index is 13.0. The van der Waals surface area contributed by atoms with Crippen molar-refractivity contribution in [3.8, 4) is 5.75 Å². The molecule has 1 aromatic carbocycles. The van der Waals surface area contributed by atoms with Crippen molar-refractivity contribution in [2.75, 3.05) is 13.2 Å². The van der Waals surface area contributed by atoms with Gasteiger partial charge < -0.3 is 19.3 Å². The van der Waals surface area contributed by atoms with Crippen LogP contribution in [0.1, 0.15) is 23.6 Å². The van der Waals surface area contributed by atoms with Gasteiger partial charge in [-0.1, -0.05) is 18.7 Å². The zero-order chi connectivity index (χ0) is 23.2. The summed E-state index contributed by atoms with van der Waals surface area (Å²) < 4.78 is 7.38. The van der Waals surface area contributed by atoms with Gasteiger partial charge in [0, 0.05) is 43.4 Å². The Hall–Kier alpha value is -4.20. The first kappa shape index (κ1) is 22.0. The van der Waals surface area contributed by atoms with Gasteiger partial charge in [-0.25, -0.2) is 4.98 Å². The van der Waals surface area contributed by atoms with Crippen LogP contribution in [0.5, 0.6) is 5.75 Å². The van der Waals surface area contributed by atoms with Crippen LogP contribution in [0.4, 0.5) is 0 Å². The van der Waals surface area contributed by atoms with Crippen LogP contribution in [0.2, 0.25) is 0 Å². The lowest BCUT2D eigenvalue weighted by atomic mass is 9.96. The molecular weight excluding hydrogens is 420 g/mol. The number of ether oxygens (including phenoxy) is 1. The van der Waals surface area contributed by atoms with Crippen molar-refractivity contribution in [1.29, 1.82) is 0 Å². The van der Waals surface area contributed by atoms with E-state index in [4.69, 9.17) is 4.74 Å². The Morgan fingerprint density at radius 3 is 2.61 bits per heavy atom. The average Bonchev–Trinajstić information content (AvgIpc) is 3.45. The van der Waals surface area contributed by atoms with Crippen molar-refractivity contribution in [3.63, 3.8) is 0 Å². The summed E-state index contributed by atoms with van der Waals surface area (Å²) >= 11 is 0. The number of nitrogens with zero attached hydrogens (tertiary/aromatic N) is 4. The Bertz CT molecular complexity index is 1150. The van der Waals surface area contributed by atoms with Crippen LogP contribution in [0.15, 0.2) is 85.7 Å². The molecule has 1 aliphatic heterocycles. The Kier molecular flexibility index (Phi) is 6.64. The van der Waals surface area contributed by atoms with Gasteiger partial charge in [0.1, 0.15) is 18.1 Å². The largest absolute Gasteiger partial charge is 0.507 e. The van der Waals surface area contributed by atoms with E-state index in [1.807, 2.05) is 10.8 Å². The third-order valence-corrected chi connectivity index (χ3v) is 5.41. The summed E-state index contributed by atoms with van der Waals surface area (Å²) in [6.45, 7) is 4.96. The second-order valence-electron chi connectivity index (χ2n) is 7.56. The van der Waals surface area contributed by atoms with Gasteiger partial charge in [-0.2, -0.15) is 0 Å². The van der Waals surface area contributed by atoms with E-state index in [1.54, 1.807) is 67.4 Å². The first-order chi connectivity index (χ1) is 16.1. The number of carbonyl (C=O) groups is 2. The zero-order valence-electron chi connectivity index (χ0n) is 18.0. The third-order valence-electron chi connectivity index (χ3n) is 5.41. The van der Waals surface area contributed by atoms with Crippen molar-refractivity contribution in [3.05, 3.63) is 96.9 Å². The fraction of sp³-hybridized carbons (Fsp3) is 0.200. The lowest BCUT2D eigenvalue weighted by Gasteiger charge is -2.25. The number of aliphatic hydroxyl groups is 1. The molecule has 1 atom stereocenters. The predicted molar refractivity (Wildman–Crippen MR) is 122 cm³/mol. The molecule has 0 spiro atoms. The first-order valence-corrected chi connectivity index (χ1v) is 10.6. The van der Waals surface area contributed by atoms with Gasteiger partial charge in [-0.15, -0.1) is 0 Å². The Labute approximate surface area is 191 Å². The van der Waals surface area contributed by atoms with E-state index in [-0.39, 0.29) is 11.3 Å². The highest BCUT2D eigenvalue weighted by atomic mass is 16.5. The monoisotopic (exact) mass is 444 g/mol. The Morgan fingerprint density at radius 1 is 1.12 bits per heavy atom.